The van der Waals surface area contributed by atoms with E-state index in [4.69, 9.17) is 5.11 Å². The Kier molecular flexibility index (Phi) is 3.07. The summed E-state index contributed by atoms with van der Waals surface area (Å²) in [6.07, 6.45) is 1.49. The molecule has 1 amide bonds. The number of aryl methyl sites for hydroxylation is 1. The van der Waals surface area contributed by atoms with Gasteiger partial charge < -0.3 is 15.4 Å². The van der Waals surface area contributed by atoms with E-state index in [1.54, 1.807) is 27.7 Å². The van der Waals surface area contributed by atoms with Crippen LogP contribution in [0.2, 0.25) is 0 Å². The third-order valence-corrected chi connectivity index (χ3v) is 2.22. The zero-order valence-electron chi connectivity index (χ0n) is 9.84. The molecule has 0 fully saturated rings. The molecule has 0 radical (unpaired) electrons. The highest BCUT2D eigenvalue weighted by molar-refractivity contribution is 6.02. The van der Waals surface area contributed by atoms with Crippen LogP contribution < -0.4 is 5.32 Å². The van der Waals surface area contributed by atoms with Gasteiger partial charge in [-0.2, -0.15) is 0 Å². The minimum atomic E-state index is -1.05. The number of rotatable bonds is 2. The molecule has 0 aliphatic heterocycles. The zero-order chi connectivity index (χ0) is 12.5. The number of aromatic nitrogens is 1. The fraction of sp³-hybridized carbons (Fsp3) is 0.455. The van der Waals surface area contributed by atoms with Crippen LogP contribution in [0.5, 0.6) is 0 Å². The number of aromatic amines is 1. The maximum absolute atomic E-state index is 11.7. The Morgan fingerprint density at radius 3 is 2.38 bits per heavy atom. The van der Waals surface area contributed by atoms with E-state index in [9.17, 15) is 9.59 Å². The Bertz CT molecular complexity index is 427. The highest BCUT2D eigenvalue weighted by Crippen LogP contribution is 2.22. The second kappa shape index (κ2) is 4.00. The van der Waals surface area contributed by atoms with Gasteiger partial charge in [-0.05, 0) is 6.92 Å². The van der Waals surface area contributed by atoms with Crippen molar-refractivity contribution in [2.45, 2.75) is 27.7 Å². The molecule has 1 aromatic heterocycles. The van der Waals surface area contributed by atoms with Crippen LogP contribution in [0.4, 0.5) is 5.69 Å². The van der Waals surface area contributed by atoms with Crippen molar-refractivity contribution in [3.05, 3.63) is 17.5 Å². The number of hydrogen-bond donors (Lipinski definition) is 3. The van der Waals surface area contributed by atoms with E-state index >= 15 is 0 Å². The van der Waals surface area contributed by atoms with Crippen molar-refractivity contribution in [3.63, 3.8) is 0 Å². The van der Waals surface area contributed by atoms with Gasteiger partial charge in [0.1, 0.15) is 5.56 Å². The average molecular weight is 224 g/mol. The molecule has 0 saturated carbocycles. The average Bonchev–Trinajstić information content (AvgIpc) is 2.45. The molecule has 0 aliphatic rings. The van der Waals surface area contributed by atoms with Gasteiger partial charge in [-0.3, -0.25) is 4.79 Å². The van der Waals surface area contributed by atoms with Crippen LogP contribution >= 0.6 is 0 Å². The molecule has 1 rings (SSSR count). The molecule has 5 heteroatoms. The third-order valence-electron chi connectivity index (χ3n) is 2.22. The Hall–Kier alpha value is -1.78. The number of carboxylic acid groups (broad SMARTS) is 1. The van der Waals surface area contributed by atoms with Crippen molar-refractivity contribution in [2.75, 3.05) is 5.32 Å². The number of carbonyl (C=O) groups excluding carboxylic acids is 1. The molecule has 16 heavy (non-hydrogen) atoms. The Labute approximate surface area is 93.9 Å². The van der Waals surface area contributed by atoms with E-state index < -0.39 is 11.4 Å². The molecule has 0 unspecified atom stereocenters. The van der Waals surface area contributed by atoms with Crippen LogP contribution in [0.1, 0.15) is 36.8 Å². The Morgan fingerprint density at radius 2 is 1.94 bits per heavy atom. The minimum Gasteiger partial charge on any atom is -0.478 e. The van der Waals surface area contributed by atoms with Crippen LogP contribution in [0.3, 0.4) is 0 Å². The molecular weight excluding hydrogens is 208 g/mol. The molecule has 0 spiro atoms. The third kappa shape index (κ3) is 2.42. The van der Waals surface area contributed by atoms with E-state index in [0.29, 0.717) is 11.4 Å². The Morgan fingerprint density at radius 1 is 1.38 bits per heavy atom. The predicted octanol–water partition coefficient (Wildman–Crippen LogP) is 2.01. The molecule has 0 bridgehead atoms. The molecule has 1 aromatic rings. The molecule has 3 N–H and O–H groups in total. The number of amides is 1. The summed E-state index contributed by atoms with van der Waals surface area (Å²) in [5, 5.41) is 11.6. The topological polar surface area (TPSA) is 82.2 Å². The summed E-state index contributed by atoms with van der Waals surface area (Å²) in [4.78, 5) is 25.4. The molecule has 0 atom stereocenters. The van der Waals surface area contributed by atoms with Crippen LogP contribution in [-0.2, 0) is 4.79 Å². The number of H-pyrrole nitrogens is 1. The summed E-state index contributed by atoms with van der Waals surface area (Å²) in [7, 11) is 0. The van der Waals surface area contributed by atoms with Crippen molar-refractivity contribution in [1.29, 1.82) is 0 Å². The zero-order valence-corrected chi connectivity index (χ0v) is 9.84. The summed E-state index contributed by atoms with van der Waals surface area (Å²) in [6.45, 7) is 6.95. The van der Waals surface area contributed by atoms with E-state index in [-0.39, 0.29) is 11.5 Å². The molecule has 0 aliphatic carbocycles. The van der Waals surface area contributed by atoms with Gasteiger partial charge >= 0.3 is 5.97 Å². The van der Waals surface area contributed by atoms with Crippen LogP contribution in [0.15, 0.2) is 6.20 Å². The van der Waals surface area contributed by atoms with Gasteiger partial charge in [0.05, 0.1) is 5.69 Å². The summed E-state index contributed by atoms with van der Waals surface area (Å²) in [5.41, 5.74) is 0.389. The summed E-state index contributed by atoms with van der Waals surface area (Å²) < 4.78 is 0. The fourth-order valence-electron chi connectivity index (χ4n) is 1.21. The summed E-state index contributed by atoms with van der Waals surface area (Å²) >= 11 is 0. The minimum absolute atomic E-state index is 0.109. The van der Waals surface area contributed by atoms with Gasteiger partial charge in [0.25, 0.3) is 0 Å². The predicted molar refractivity (Wildman–Crippen MR) is 60.6 cm³/mol. The van der Waals surface area contributed by atoms with E-state index in [1.807, 2.05) is 0 Å². The SMILES string of the molecule is Cc1[nH]cc(NC(=O)C(C)(C)C)c1C(=O)O. The first-order valence-electron chi connectivity index (χ1n) is 4.96. The van der Waals surface area contributed by atoms with Gasteiger partial charge in [-0.15, -0.1) is 0 Å². The quantitative estimate of drug-likeness (QED) is 0.718. The lowest BCUT2D eigenvalue weighted by Crippen LogP contribution is -2.28. The van der Waals surface area contributed by atoms with Gasteiger partial charge in [-0.25, -0.2) is 4.79 Å². The molecule has 1 heterocycles. The van der Waals surface area contributed by atoms with Crippen molar-refractivity contribution in [2.24, 2.45) is 5.41 Å². The van der Waals surface area contributed by atoms with E-state index in [2.05, 4.69) is 10.3 Å². The van der Waals surface area contributed by atoms with Crippen LogP contribution in [0.25, 0.3) is 0 Å². The number of nitrogens with one attached hydrogen (secondary N) is 2. The van der Waals surface area contributed by atoms with Crippen molar-refractivity contribution in [1.82, 2.24) is 4.98 Å². The largest absolute Gasteiger partial charge is 0.478 e. The standard InChI is InChI=1S/C11H16N2O3/c1-6-8(9(14)15)7(5-12-6)13-10(16)11(2,3)4/h5,12H,1-4H3,(H,13,16)(H,14,15). The van der Waals surface area contributed by atoms with Crippen LogP contribution in [0, 0.1) is 12.3 Å². The van der Waals surface area contributed by atoms with Crippen molar-refractivity contribution >= 4 is 17.6 Å². The molecule has 0 saturated heterocycles. The lowest BCUT2D eigenvalue weighted by molar-refractivity contribution is -0.123. The Balaban J connectivity index is 2.99. The first kappa shape index (κ1) is 12.3. The molecule has 88 valence electrons. The number of hydrogen-bond acceptors (Lipinski definition) is 2. The first-order valence-corrected chi connectivity index (χ1v) is 4.96. The van der Waals surface area contributed by atoms with Gasteiger partial charge in [-0.1, -0.05) is 20.8 Å². The van der Waals surface area contributed by atoms with Crippen molar-refractivity contribution < 1.29 is 14.7 Å². The van der Waals surface area contributed by atoms with E-state index in [0.717, 1.165) is 0 Å². The normalized spacial score (nSPS) is 11.2. The maximum atomic E-state index is 11.7. The highest BCUT2D eigenvalue weighted by Gasteiger charge is 2.24. The fourth-order valence-corrected chi connectivity index (χ4v) is 1.21. The molecule has 0 aromatic carbocycles. The maximum Gasteiger partial charge on any atom is 0.339 e. The number of carbonyl (C=O) groups is 2. The van der Waals surface area contributed by atoms with Crippen LogP contribution in [-0.4, -0.2) is 22.0 Å². The second-order valence-corrected chi connectivity index (χ2v) is 4.71. The lowest BCUT2D eigenvalue weighted by Gasteiger charge is -2.17. The summed E-state index contributed by atoms with van der Waals surface area (Å²) in [5.74, 6) is -1.27. The number of aromatic carboxylic acids is 1. The van der Waals surface area contributed by atoms with Gasteiger partial charge in [0.15, 0.2) is 0 Å². The first-order chi connectivity index (χ1) is 7.23. The van der Waals surface area contributed by atoms with Gasteiger partial charge in [0, 0.05) is 17.3 Å². The lowest BCUT2D eigenvalue weighted by atomic mass is 9.95. The summed E-state index contributed by atoms with van der Waals surface area (Å²) in [6, 6.07) is 0. The molecular formula is C11H16N2O3. The number of carboxylic acids is 1. The van der Waals surface area contributed by atoms with Gasteiger partial charge in [0.2, 0.25) is 5.91 Å². The highest BCUT2D eigenvalue weighted by atomic mass is 16.4. The van der Waals surface area contributed by atoms with Crippen molar-refractivity contribution in [3.8, 4) is 0 Å². The smallest absolute Gasteiger partial charge is 0.339 e. The second-order valence-electron chi connectivity index (χ2n) is 4.71. The molecule has 5 nitrogen and oxygen atoms in total. The van der Waals surface area contributed by atoms with E-state index in [1.165, 1.54) is 6.20 Å². The number of anilines is 1. The monoisotopic (exact) mass is 224 g/mol.